The van der Waals surface area contributed by atoms with Crippen molar-refractivity contribution in [2.45, 2.75) is 0 Å². The van der Waals surface area contributed by atoms with Crippen LogP contribution in [0, 0.1) is 0 Å². The van der Waals surface area contributed by atoms with E-state index in [0.29, 0.717) is 0 Å². The van der Waals surface area contributed by atoms with E-state index in [1.54, 1.807) is 0 Å². The quantitative estimate of drug-likeness (QED) is 0.324. The zero-order valence-corrected chi connectivity index (χ0v) is 14.1. The number of rotatable bonds is 0. The normalized spacial score (nSPS) is 10.1. The molecule has 0 saturated carbocycles. The van der Waals surface area contributed by atoms with E-state index in [1.807, 2.05) is 0 Å². The third-order valence-electron chi connectivity index (χ3n) is 0. The summed E-state index contributed by atoms with van der Waals surface area (Å²) in [6.07, 6.45) is 0. The molecule has 0 aromatic heterocycles. The van der Waals surface area contributed by atoms with Crippen LogP contribution in [0.4, 0.5) is 0 Å². The fraction of sp³-hybridized carbons (Fsp3) is 0. The molecule has 0 amide bonds. The SMILES string of the molecule is [Mn+2].[Na+].[O]=[Mn](=[O])(=[O])[O-].[O]=[Mn](=[O])(=[O])[O-].[O]=[Mn](=[O])(=[O])[O-]. The predicted molar refractivity (Wildman–Crippen MR) is 6.18 cm³/mol. The Balaban J connectivity index is -0.0000000400. The summed E-state index contributed by atoms with van der Waals surface area (Å²) in [5, 5.41) is 0. The van der Waals surface area contributed by atoms with Crippen LogP contribution in [0.15, 0.2) is 0 Å². The van der Waals surface area contributed by atoms with Gasteiger partial charge in [0.25, 0.3) is 0 Å². The van der Waals surface area contributed by atoms with E-state index in [4.69, 9.17) is 47.1 Å². The first kappa shape index (κ1) is 30.9. The second-order valence-corrected chi connectivity index (χ2v) is 4.68. The van der Waals surface area contributed by atoms with Gasteiger partial charge in [-0.3, -0.25) is 0 Å². The van der Waals surface area contributed by atoms with Gasteiger partial charge in [0, 0.05) is 0 Å². The fourth-order valence-electron chi connectivity index (χ4n) is 0. The third kappa shape index (κ3) is 2940. The minimum atomic E-state index is -5.62. The van der Waals surface area contributed by atoms with Crippen molar-refractivity contribution < 1.29 is 133 Å². The van der Waals surface area contributed by atoms with Gasteiger partial charge in [0.2, 0.25) is 0 Å². The first-order valence-electron chi connectivity index (χ1n) is 1.85. The summed E-state index contributed by atoms with van der Waals surface area (Å²) in [5.41, 5.74) is 0. The molecule has 0 fully saturated rings. The second kappa shape index (κ2) is 12.2. The standard InChI is InChI=1S/4Mn.Na.12O/q;;;+2;+1;;;;;;;;;;3*-1. The summed E-state index contributed by atoms with van der Waals surface area (Å²) < 4.78 is 103. The van der Waals surface area contributed by atoms with Gasteiger partial charge in [0.05, 0.1) is 0 Å². The Morgan fingerprint density at radius 1 is 0.471 bits per heavy atom. The van der Waals surface area contributed by atoms with Gasteiger partial charge >= 0.3 is 133 Å². The van der Waals surface area contributed by atoms with Crippen LogP contribution in [-0.4, -0.2) is 0 Å². The summed E-state index contributed by atoms with van der Waals surface area (Å²) in [7, 11) is 0. The van der Waals surface area contributed by atoms with Gasteiger partial charge in [-0.2, -0.15) is 0 Å². The molecule has 0 bridgehead atoms. The molecule has 0 atom stereocenters. The molecule has 0 N–H and O–H groups in total. The van der Waals surface area contributed by atoms with Crippen LogP contribution in [0.5, 0.6) is 0 Å². The molecule has 0 aliphatic rings. The molecule has 0 aliphatic heterocycles. The van der Waals surface area contributed by atoms with Crippen LogP contribution in [0.2, 0.25) is 0 Å². The maximum atomic E-state index is 8.58. The van der Waals surface area contributed by atoms with E-state index in [0.717, 1.165) is 0 Å². The van der Waals surface area contributed by atoms with Gasteiger partial charge in [-0.05, 0) is 0 Å². The Morgan fingerprint density at radius 3 is 0.471 bits per heavy atom. The molecule has 0 spiro atoms. The fourth-order valence-corrected chi connectivity index (χ4v) is 0. The van der Waals surface area contributed by atoms with E-state index in [2.05, 4.69) is 0 Å². The zero-order valence-electron chi connectivity index (χ0n) is 7.41. The van der Waals surface area contributed by atoms with Gasteiger partial charge in [0.1, 0.15) is 0 Å². The second-order valence-electron chi connectivity index (χ2n) is 1.13. The van der Waals surface area contributed by atoms with Gasteiger partial charge in [0.15, 0.2) is 0 Å². The third-order valence-corrected chi connectivity index (χ3v) is 0. The number of hydrogen-bond acceptors (Lipinski definition) is 12. The molecule has 0 saturated heterocycles. The van der Waals surface area contributed by atoms with E-state index in [-0.39, 0.29) is 46.6 Å². The minimum absolute atomic E-state index is 0. The van der Waals surface area contributed by atoms with Crippen molar-refractivity contribution in [3.8, 4) is 0 Å². The van der Waals surface area contributed by atoms with Crippen molar-refractivity contribution in [3.63, 3.8) is 0 Å². The monoisotopic (exact) mass is 435 g/mol. The summed E-state index contributed by atoms with van der Waals surface area (Å²) in [5.74, 6) is 0. The van der Waals surface area contributed by atoms with E-state index in [1.165, 1.54) is 0 Å². The Morgan fingerprint density at radius 2 is 0.471 bits per heavy atom. The average Bonchev–Trinajstić information content (AvgIpc) is 1.41. The molecule has 0 aromatic carbocycles. The van der Waals surface area contributed by atoms with Crippen LogP contribution in [0.25, 0.3) is 0 Å². The van der Waals surface area contributed by atoms with Gasteiger partial charge in [-0.15, -0.1) is 0 Å². The Bertz CT molecular complexity index is 482. The van der Waals surface area contributed by atoms with Crippen molar-refractivity contribution in [1.29, 1.82) is 0 Å². The van der Waals surface area contributed by atoms with Gasteiger partial charge in [-0.25, -0.2) is 0 Å². The zero-order chi connectivity index (χ0) is 13.5. The average molecular weight is 435 g/mol. The molecule has 17 heavy (non-hydrogen) atoms. The van der Waals surface area contributed by atoms with Crippen molar-refractivity contribution in [2.75, 3.05) is 0 Å². The summed E-state index contributed by atoms with van der Waals surface area (Å²) in [6.45, 7) is 0. The van der Waals surface area contributed by atoms with Gasteiger partial charge < -0.3 is 0 Å². The first-order chi connectivity index (χ1) is 6.00. The van der Waals surface area contributed by atoms with E-state index >= 15 is 0 Å². The van der Waals surface area contributed by atoms with Crippen LogP contribution in [0.1, 0.15) is 0 Å². The topological polar surface area (TPSA) is 223 Å². The summed E-state index contributed by atoms with van der Waals surface area (Å²) in [4.78, 5) is 0. The predicted octanol–water partition coefficient (Wildman–Crippen LogP) is -7.64. The molecule has 0 rings (SSSR count). The van der Waals surface area contributed by atoms with E-state index in [9.17, 15) is 0 Å². The van der Waals surface area contributed by atoms with Crippen LogP contribution >= 0.6 is 0 Å². The molecule has 1 radical (unpaired) electrons. The van der Waals surface area contributed by atoms with Crippen molar-refractivity contribution in [3.05, 3.63) is 0 Å². The van der Waals surface area contributed by atoms with Crippen LogP contribution < -0.4 is 42.1 Å². The van der Waals surface area contributed by atoms with E-state index < -0.39 is 38.9 Å². The van der Waals surface area contributed by atoms with Gasteiger partial charge in [-0.1, -0.05) is 0 Å². The Hall–Kier alpha value is 1.16. The van der Waals surface area contributed by atoms with Crippen LogP contribution in [0.3, 0.4) is 0 Å². The molecular weight excluding hydrogens is 435 g/mol. The van der Waals surface area contributed by atoms with Crippen molar-refractivity contribution >= 4 is 0 Å². The molecule has 0 heterocycles. The number of hydrogen-bond donors (Lipinski definition) is 0. The summed E-state index contributed by atoms with van der Waals surface area (Å²) >= 11 is -16.9. The maximum absolute atomic E-state index is 8.58. The summed E-state index contributed by atoms with van der Waals surface area (Å²) in [6, 6.07) is 0. The molecule has 0 aliphatic carbocycles. The first-order valence-corrected chi connectivity index (χ1v) is 7.63. The van der Waals surface area contributed by atoms with Crippen molar-refractivity contribution in [1.82, 2.24) is 0 Å². The van der Waals surface area contributed by atoms with Crippen LogP contribution in [-0.2, 0) is 90.5 Å². The molecular formula is Mn4NaO12. The molecule has 101 valence electrons. The van der Waals surface area contributed by atoms with Crippen molar-refractivity contribution in [2.24, 2.45) is 0 Å². The molecule has 12 nitrogen and oxygen atoms in total. The molecule has 0 unspecified atom stereocenters. The molecule has 17 heteroatoms. The Kier molecular flexibility index (Phi) is 22.2. The molecule has 0 aromatic rings. The Labute approximate surface area is 131 Å².